The van der Waals surface area contributed by atoms with Crippen molar-refractivity contribution in [1.82, 2.24) is 29.4 Å². The first-order valence-corrected chi connectivity index (χ1v) is 20.8. The minimum Gasteiger partial charge on any atom is -0.491 e. The zero-order valence-corrected chi connectivity index (χ0v) is 32.5. The van der Waals surface area contributed by atoms with Crippen molar-refractivity contribution in [3.05, 3.63) is 64.4 Å². The first-order valence-electron chi connectivity index (χ1n) is 18.1. The molecule has 0 aliphatic carbocycles. The number of benzene rings is 1. The fraction of sp³-hybridized carbons (Fsp3) is 0.444. The van der Waals surface area contributed by atoms with Gasteiger partial charge in [0, 0.05) is 43.2 Å². The number of carbonyl (C=O) groups excluding carboxylic acids is 7. The number of imide groups is 2. The molecule has 2 aromatic heterocycles. The molecule has 3 N–H and O–H groups in total. The maximum atomic E-state index is 13.0. The molecule has 2 atom stereocenters. The molecule has 7 amide bonds. The molecule has 3 aliphatic rings. The van der Waals surface area contributed by atoms with E-state index >= 15 is 0 Å². The number of likely N-dealkylation sites (tertiary alicyclic amines) is 1. The van der Waals surface area contributed by atoms with Crippen LogP contribution in [0.25, 0.3) is 0 Å². The number of rotatable bonds is 17. The number of piperidine rings is 2. The van der Waals surface area contributed by atoms with Crippen LogP contribution in [-0.2, 0) is 38.7 Å². The zero-order valence-electron chi connectivity index (χ0n) is 30.9. The Morgan fingerprint density at radius 3 is 2.49 bits per heavy atom. The second-order valence-electron chi connectivity index (χ2n) is 13.5. The molecule has 57 heavy (non-hydrogen) atoms. The van der Waals surface area contributed by atoms with Crippen molar-refractivity contribution >= 4 is 67.8 Å². The highest BCUT2D eigenvalue weighted by atomic mass is 32.2. The molecule has 6 rings (SSSR count). The third-order valence-corrected chi connectivity index (χ3v) is 11.2. The van der Waals surface area contributed by atoms with Crippen LogP contribution in [0.1, 0.15) is 74.8 Å². The lowest BCUT2D eigenvalue weighted by Gasteiger charge is -2.32. The lowest BCUT2D eigenvalue weighted by molar-refractivity contribution is -0.136. The number of nitrogens with one attached hydrogen (secondary N) is 3. The number of carbonyl (C=O) groups is 7. The van der Waals surface area contributed by atoms with Gasteiger partial charge in [-0.15, -0.1) is 11.3 Å². The first-order chi connectivity index (χ1) is 27.3. The van der Waals surface area contributed by atoms with Gasteiger partial charge in [0.25, 0.3) is 17.7 Å². The van der Waals surface area contributed by atoms with Crippen LogP contribution in [0, 0.1) is 0 Å². The molecule has 21 heteroatoms. The molecule has 3 aliphatic heterocycles. The summed E-state index contributed by atoms with van der Waals surface area (Å²) in [5.74, 6) is -3.13. The average molecular weight is 828 g/mol. The van der Waals surface area contributed by atoms with E-state index in [4.69, 9.17) is 14.2 Å². The molecule has 1 aromatic carbocycles. The normalized spacial score (nSPS) is 18.3. The molecule has 2 fully saturated rings. The Balaban J connectivity index is 0.834. The van der Waals surface area contributed by atoms with Crippen LogP contribution in [0.4, 0.5) is 5.13 Å². The molecule has 304 valence electrons. The van der Waals surface area contributed by atoms with E-state index in [-0.39, 0.29) is 87.4 Å². The average Bonchev–Trinajstić information content (AvgIpc) is 3.93. The molecule has 0 saturated carbocycles. The maximum absolute atomic E-state index is 13.0. The fourth-order valence-electron chi connectivity index (χ4n) is 6.52. The highest BCUT2D eigenvalue weighted by Gasteiger charge is 2.44. The van der Waals surface area contributed by atoms with Crippen molar-refractivity contribution in [1.29, 1.82) is 0 Å². The van der Waals surface area contributed by atoms with Crippen LogP contribution in [0.15, 0.2) is 42.0 Å². The summed E-state index contributed by atoms with van der Waals surface area (Å²) in [5, 5.41) is 9.47. The molecule has 0 bridgehead atoms. The quantitative estimate of drug-likeness (QED) is 0.126. The van der Waals surface area contributed by atoms with Crippen LogP contribution in [0.2, 0.25) is 0 Å². The number of aromatic nitrogens is 2. The van der Waals surface area contributed by atoms with Gasteiger partial charge in [0.2, 0.25) is 33.7 Å². The first kappa shape index (κ1) is 41.1. The van der Waals surface area contributed by atoms with E-state index in [1.54, 1.807) is 11.0 Å². The number of fused-ring (bicyclic) bond motifs is 1. The molecule has 0 radical (unpaired) electrons. The number of hydrogen-bond acceptors (Lipinski definition) is 14. The Bertz CT molecular complexity index is 2170. The van der Waals surface area contributed by atoms with Gasteiger partial charge in [-0.3, -0.25) is 47.8 Å². The van der Waals surface area contributed by atoms with Crippen molar-refractivity contribution in [2.75, 3.05) is 64.2 Å². The number of amides is 7. The number of nitrogens with zero attached hydrogens (tertiary/aromatic N) is 4. The third-order valence-electron chi connectivity index (χ3n) is 9.42. The van der Waals surface area contributed by atoms with E-state index in [0.717, 1.165) is 39.9 Å². The van der Waals surface area contributed by atoms with Gasteiger partial charge in [-0.1, -0.05) is 0 Å². The number of anilines is 1. The van der Waals surface area contributed by atoms with Crippen molar-refractivity contribution < 1.29 is 56.2 Å². The summed E-state index contributed by atoms with van der Waals surface area (Å²) in [4.78, 5) is 94.5. The van der Waals surface area contributed by atoms with Crippen LogP contribution in [-0.4, -0.2) is 133 Å². The van der Waals surface area contributed by atoms with Crippen molar-refractivity contribution in [3.8, 4) is 5.75 Å². The van der Waals surface area contributed by atoms with E-state index in [9.17, 15) is 42.0 Å². The molecule has 3 aromatic rings. The van der Waals surface area contributed by atoms with Gasteiger partial charge in [0.15, 0.2) is 5.13 Å². The smallest absolute Gasteiger partial charge is 0.262 e. The van der Waals surface area contributed by atoms with E-state index < -0.39 is 51.5 Å². The van der Waals surface area contributed by atoms with Gasteiger partial charge in [-0.25, -0.2) is 13.4 Å². The topological polar surface area (TPSA) is 242 Å². The Morgan fingerprint density at radius 1 is 0.982 bits per heavy atom. The van der Waals surface area contributed by atoms with Gasteiger partial charge in [0.05, 0.1) is 68.0 Å². The second-order valence-corrected chi connectivity index (χ2v) is 16.2. The summed E-state index contributed by atoms with van der Waals surface area (Å²) in [6, 6.07) is 4.76. The van der Waals surface area contributed by atoms with Gasteiger partial charge < -0.3 is 29.7 Å². The van der Waals surface area contributed by atoms with E-state index in [0.29, 0.717) is 24.0 Å². The standard InChI is InChI=1S/C36H41N7O12S2/c1-57(51,52)42-11-8-23(20-42)32(47)37-18-30(45)40-36-38-27(21-56-36)22-3-2-10-41(19-22)31(46)9-12-53-13-14-54-15-16-55-24-4-5-25-26(17-24)35(50)43(34(25)49)28-6-7-29(44)39-33(28)48/h4-5,8,11,17,20-22,28H,2-3,6-7,9-10,12-16,18-19H2,1H3,(H,37,47)(H,38,40,45)(H,39,44,48). The molecule has 2 saturated heterocycles. The van der Waals surface area contributed by atoms with Crippen molar-refractivity contribution in [2.24, 2.45) is 0 Å². The van der Waals surface area contributed by atoms with Crippen molar-refractivity contribution in [2.45, 2.75) is 44.1 Å². The second kappa shape index (κ2) is 18.2. The zero-order chi connectivity index (χ0) is 40.7. The Labute approximate surface area is 331 Å². The predicted octanol–water partition coefficient (Wildman–Crippen LogP) is 0.730. The predicted molar refractivity (Wildman–Crippen MR) is 201 cm³/mol. The lowest BCUT2D eigenvalue weighted by atomic mass is 9.95. The summed E-state index contributed by atoms with van der Waals surface area (Å²) in [6.07, 6.45) is 5.34. The molecular weight excluding hydrogens is 787 g/mol. The molecule has 5 heterocycles. The largest absolute Gasteiger partial charge is 0.491 e. The van der Waals surface area contributed by atoms with Crippen molar-refractivity contribution in [3.63, 3.8) is 0 Å². The molecule has 2 unspecified atom stereocenters. The summed E-state index contributed by atoms with van der Waals surface area (Å²) in [7, 11) is -3.53. The molecule has 19 nitrogen and oxygen atoms in total. The minimum absolute atomic E-state index is 0.00738. The van der Waals surface area contributed by atoms with E-state index in [2.05, 4.69) is 20.9 Å². The van der Waals surface area contributed by atoms with Crippen LogP contribution in [0.5, 0.6) is 5.75 Å². The summed E-state index contributed by atoms with van der Waals surface area (Å²) < 4.78 is 41.0. The van der Waals surface area contributed by atoms with Crippen LogP contribution < -0.4 is 20.7 Å². The highest BCUT2D eigenvalue weighted by molar-refractivity contribution is 7.89. The Hall–Kier alpha value is -5.51. The summed E-state index contributed by atoms with van der Waals surface area (Å²) in [6.45, 7) is 1.86. The molecular formula is C36H41N7O12S2. The Morgan fingerprint density at radius 2 is 1.74 bits per heavy atom. The lowest BCUT2D eigenvalue weighted by Crippen LogP contribution is -2.54. The fourth-order valence-corrected chi connectivity index (χ4v) is 7.91. The third kappa shape index (κ3) is 10.3. The van der Waals surface area contributed by atoms with E-state index in [1.807, 2.05) is 5.38 Å². The van der Waals surface area contributed by atoms with Gasteiger partial charge >= 0.3 is 0 Å². The minimum atomic E-state index is -3.53. The SMILES string of the molecule is CS(=O)(=O)n1ccc(C(=O)NCC(=O)Nc2nc(C3CCCN(C(=O)CCOCCOCCOc4ccc5c(c4)C(=O)N(C4CCC(=O)NC4=O)C5=O)C3)cs2)c1. The van der Waals surface area contributed by atoms with Crippen LogP contribution in [0.3, 0.4) is 0 Å². The summed E-state index contributed by atoms with van der Waals surface area (Å²) >= 11 is 1.24. The van der Waals surface area contributed by atoms with Gasteiger partial charge in [0.1, 0.15) is 18.4 Å². The highest BCUT2D eigenvalue weighted by Crippen LogP contribution is 2.31. The number of ether oxygens (including phenoxy) is 3. The Kier molecular flexibility index (Phi) is 13.1. The molecule has 0 spiro atoms. The van der Waals surface area contributed by atoms with Gasteiger partial charge in [-0.05, 0) is 43.5 Å². The van der Waals surface area contributed by atoms with E-state index in [1.165, 1.54) is 35.7 Å². The van der Waals surface area contributed by atoms with Gasteiger partial charge in [-0.2, -0.15) is 0 Å². The van der Waals surface area contributed by atoms with Crippen LogP contribution >= 0.6 is 11.3 Å². The summed E-state index contributed by atoms with van der Waals surface area (Å²) in [5.41, 5.74) is 1.14. The monoisotopic (exact) mass is 827 g/mol. The number of thiazole rings is 1. The number of hydrogen-bond donors (Lipinski definition) is 3. The maximum Gasteiger partial charge on any atom is 0.262 e.